The molecule has 0 aliphatic carbocycles. The van der Waals surface area contributed by atoms with E-state index in [1.165, 1.54) is 0 Å². The summed E-state index contributed by atoms with van der Waals surface area (Å²) in [7, 11) is 1.64. The van der Waals surface area contributed by atoms with E-state index in [2.05, 4.69) is 0 Å². The zero-order valence-corrected chi connectivity index (χ0v) is 14.8. The molecule has 0 saturated carbocycles. The van der Waals surface area contributed by atoms with Gasteiger partial charge in [-0.15, -0.1) is 0 Å². The Labute approximate surface area is 148 Å². The van der Waals surface area contributed by atoms with Crippen LogP contribution in [0.2, 0.25) is 0 Å². The van der Waals surface area contributed by atoms with E-state index < -0.39 is 0 Å². The highest BCUT2D eigenvalue weighted by Gasteiger charge is 2.32. The van der Waals surface area contributed by atoms with Crippen LogP contribution in [0.3, 0.4) is 0 Å². The summed E-state index contributed by atoms with van der Waals surface area (Å²) in [4.78, 5) is 29.2. The van der Waals surface area contributed by atoms with Gasteiger partial charge in [-0.1, -0.05) is 12.1 Å². The molecule has 0 radical (unpaired) electrons. The number of amides is 2. The number of morpholine rings is 1. The lowest BCUT2D eigenvalue weighted by Gasteiger charge is -2.36. The number of benzene rings is 1. The Morgan fingerprint density at radius 1 is 1.20 bits per heavy atom. The number of ether oxygens (including phenoxy) is 2. The predicted octanol–water partition coefficient (Wildman–Crippen LogP) is 1.54. The third-order valence-corrected chi connectivity index (χ3v) is 4.87. The molecule has 0 N–H and O–H groups in total. The normalized spacial score (nSPS) is 21.2. The third kappa shape index (κ3) is 4.38. The molecule has 136 valence electrons. The Balaban J connectivity index is 1.65. The van der Waals surface area contributed by atoms with Crippen LogP contribution in [0.1, 0.15) is 28.8 Å². The molecule has 2 aliphatic heterocycles. The van der Waals surface area contributed by atoms with E-state index in [0.29, 0.717) is 51.6 Å². The summed E-state index contributed by atoms with van der Waals surface area (Å²) in [5.74, 6) is 0.0596. The largest absolute Gasteiger partial charge is 0.380 e. The van der Waals surface area contributed by atoms with E-state index in [0.717, 1.165) is 18.4 Å². The fourth-order valence-electron chi connectivity index (χ4n) is 3.55. The molecule has 1 atom stereocenters. The second kappa shape index (κ2) is 8.45. The van der Waals surface area contributed by atoms with E-state index in [1.54, 1.807) is 7.11 Å². The highest BCUT2D eigenvalue weighted by Crippen LogP contribution is 2.21. The summed E-state index contributed by atoms with van der Waals surface area (Å²) in [6, 6.07) is 7.53. The number of hydrogen-bond acceptors (Lipinski definition) is 4. The fourth-order valence-corrected chi connectivity index (χ4v) is 3.55. The smallest absolute Gasteiger partial charge is 0.253 e. The predicted molar refractivity (Wildman–Crippen MR) is 93.2 cm³/mol. The first-order valence-corrected chi connectivity index (χ1v) is 8.92. The maximum Gasteiger partial charge on any atom is 0.253 e. The van der Waals surface area contributed by atoms with Crippen molar-refractivity contribution in [3.8, 4) is 0 Å². The molecule has 1 aromatic carbocycles. The number of methoxy groups -OCH3 is 1. The van der Waals surface area contributed by atoms with Crippen molar-refractivity contribution in [1.82, 2.24) is 9.80 Å². The quantitative estimate of drug-likeness (QED) is 0.830. The lowest BCUT2D eigenvalue weighted by molar-refractivity contribution is -0.141. The van der Waals surface area contributed by atoms with Crippen molar-refractivity contribution in [3.05, 3.63) is 35.4 Å². The first kappa shape index (κ1) is 17.9. The summed E-state index contributed by atoms with van der Waals surface area (Å²) in [6.45, 7) is 4.22. The van der Waals surface area contributed by atoms with Gasteiger partial charge in [0.05, 0.1) is 25.7 Å². The van der Waals surface area contributed by atoms with Gasteiger partial charge in [-0.3, -0.25) is 9.59 Å². The van der Waals surface area contributed by atoms with Crippen LogP contribution in [0.25, 0.3) is 0 Å². The molecule has 0 aromatic heterocycles. The van der Waals surface area contributed by atoms with E-state index in [4.69, 9.17) is 9.47 Å². The standard InChI is InChI=1S/C19H26N2O4/c1-24-14-15-4-2-5-16(12-15)18(22)21-7-3-6-17(13-21)19(23)20-8-10-25-11-9-20/h2,4-5,12,17H,3,6-11,13-14H2,1H3. The summed E-state index contributed by atoms with van der Waals surface area (Å²) in [5.41, 5.74) is 1.64. The molecule has 6 heteroatoms. The minimum Gasteiger partial charge on any atom is -0.380 e. The van der Waals surface area contributed by atoms with Crippen LogP contribution in [0.15, 0.2) is 24.3 Å². The number of nitrogens with zero attached hydrogens (tertiary/aromatic N) is 2. The Morgan fingerprint density at radius 2 is 2.00 bits per heavy atom. The molecule has 0 spiro atoms. The maximum absolute atomic E-state index is 12.8. The monoisotopic (exact) mass is 346 g/mol. The third-order valence-electron chi connectivity index (χ3n) is 4.87. The zero-order chi connectivity index (χ0) is 17.6. The average molecular weight is 346 g/mol. The Hall–Kier alpha value is -1.92. The van der Waals surface area contributed by atoms with Gasteiger partial charge in [0.25, 0.3) is 5.91 Å². The van der Waals surface area contributed by atoms with Crippen LogP contribution in [0, 0.1) is 5.92 Å². The fraction of sp³-hybridized carbons (Fsp3) is 0.579. The average Bonchev–Trinajstić information content (AvgIpc) is 2.68. The van der Waals surface area contributed by atoms with Gasteiger partial charge in [0.2, 0.25) is 5.91 Å². The summed E-state index contributed by atoms with van der Waals surface area (Å²) in [5, 5.41) is 0. The van der Waals surface area contributed by atoms with Crippen molar-refractivity contribution in [1.29, 1.82) is 0 Å². The lowest BCUT2D eigenvalue weighted by Crippen LogP contribution is -2.49. The Kier molecular flexibility index (Phi) is 6.04. The number of carbonyl (C=O) groups excluding carboxylic acids is 2. The molecule has 6 nitrogen and oxygen atoms in total. The van der Waals surface area contributed by atoms with Crippen molar-refractivity contribution >= 4 is 11.8 Å². The van der Waals surface area contributed by atoms with Crippen molar-refractivity contribution in [2.24, 2.45) is 5.92 Å². The molecule has 0 bridgehead atoms. The van der Waals surface area contributed by atoms with Gasteiger partial charge in [0, 0.05) is 38.9 Å². The van der Waals surface area contributed by atoms with Gasteiger partial charge in [-0.2, -0.15) is 0 Å². The topological polar surface area (TPSA) is 59.1 Å². The molecule has 2 aliphatic rings. The van der Waals surface area contributed by atoms with E-state index in [-0.39, 0.29) is 17.7 Å². The van der Waals surface area contributed by atoms with Crippen molar-refractivity contribution in [2.75, 3.05) is 46.5 Å². The number of piperidine rings is 1. The Morgan fingerprint density at radius 3 is 2.76 bits per heavy atom. The van der Waals surface area contributed by atoms with E-state index in [9.17, 15) is 9.59 Å². The molecule has 2 saturated heterocycles. The zero-order valence-electron chi connectivity index (χ0n) is 14.8. The first-order chi connectivity index (χ1) is 12.2. The SMILES string of the molecule is COCc1cccc(C(=O)N2CCCC(C(=O)N3CCOCC3)C2)c1. The van der Waals surface area contributed by atoms with E-state index >= 15 is 0 Å². The number of hydrogen-bond donors (Lipinski definition) is 0. The van der Waals surface area contributed by atoms with Crippen LogP contribution >= 0.6 is 0 Å². The van der Waals surface area contributed by atoms with Gasteiger partial charge >= 0.3 is 0 Å². The molecule has 2 amide bonds. The lowest BCUT2D eigenvalue weighted by atomic mass is 9.95. The summed E-state index contributed by atoms with van der Waals surface area (Å²) in [6.07, 6.45) is 1.72. The molecule has 25 heavy (non-hydrogen) atoms. The second-order valence-electron chi connectivity index (χ2n) is 6.66. The maximum atomic E-state index is 12.8. The molecular weight excluding hydrogens is 320 g/mol. The molecule has 1 aromatic rings. The highest BCUT2D eigenvalue weighted by molar-refractivity contribution is 5.95. The highest BCUT2D eigenvalue weighted by atomic mass is 16.5. The van der Waals surface area contributed by atoms with Gasteiger partial charge in [0.15, 0.2) is 0 Å². The van der Waals surface area contributed by atoms with Crippen LogP contribution in [0.5, 0.6) is 0 Å². The molecule has 2 heterocycles. The van der Waals surface area contributed by atoms with Crippen molar-refractivity contribution in [3.63, 3.8) is 0 Å². The molecular formula is C19H26N2O4. The first-order valence-electron chi connectivity index (χ1n) is 8.92. The van der Waals surface area contributed by atoms with E-state index in [1.807, 2.05) is 34.1 Å². The summed E-state index contributed by atoms with van der Waals surface area (Å²) < 4.78 is 10.5. The molecule has 1 unspecified atom stereocenters. The number of carbonyl (C=O) groups is 2. The van der Waals surface area contributed by atoms with Crippen molar-refractivity contribution < 1.29 is 19.1 Å². The molecule has 3 rings (SSSR count). The van der Waals surface area contributed by atoms with Crippen LogP contribution in [0.4, 0.5) is 0 Å². The van der Waals surface area contributed by atoms with Gasteiger partial charge < -0.3 is 19.3 Å². The van der Waals surface area contributed by atoms with Gasteiger partial charge in [-0.05, 0) is 30.5 Å². The van der Waals surface area contributed by atoms with Crippen LogP contribution < -0.4 is 0 Å². The Bertz CT molecular complexity index is 613. The number of likely N-dealkylation sites (tertiary alicyclic amines) is 1. The number of rotatable bonds is 4. The van der Waals surface area contributed by atoms with Crippen LogP contribution in [-0.2, 0) is 20.9 Å². The minimum absolute atomic E-state index is 0.00238. The van der Waals surface area contributed by atoms with Crippen molar-refractivity contribution in [2.45, 2.75) is 19.4 Å². The van der Waals surface area contributed by atoms with Crippen LogP contribution in [-0.4, -0.2) is 68.1 Å². The van der Waals surface area contributed by atoms with Gasteiger partial charge in [-0.25, -0.2) is 0 Å². The summed E-state index contributed by atoms with van der Waals surface area (Å²) >= 11 is 0. The second-order valence-corrected chi connectivity index (χ2v) is 6.66. The molecule has 2 fully saturated rings. The minimum atomic E-state index is -0.0991. The van der Waals surface area contributed by atoms with Gasteiger partial charge in [0.1, 0.15) is 0 Å².